The summed E-state index contributed by atoms with van der Waals surface area (Å²) >= 11 is 0. The summed E-state index contributed by atoms with van der Waals surface area (Å²) in [5, 5.41) is 0. The van der Waals surface area contributed by atoms with Crippen LogP contribution in [0.5, 0.6) is 5.75 Å². The van der Waals surface area contributed by atoms with Crippen LogP contribution in [0.4, 0.5) is 0 Å². The van der Waals surface area contributed by atoms with Gasteiger partial charge in [0.05, 0.1) is 6.61 Å². The second kappa shape index (κ2) is 6.26. The van der Waals surface area contributed by atoms with Crippen molar-refractivity contribution >= 4 is 11.6 Å². The minimum absolute atomic E-state index is 0.0359. The molecule has 2 fully saturated rings. The lowest BCUT2D eigenvalue weighted by Crippen LogP contribution is -2.43. The standard InChI is InChI=1S/C22H28O3/c1-3-4-5-6-11-25-15-7-8-16-17(12-15)20(23)18-14-9-10-22(2,13-14)19(18)21(16)24/h7-8,12,14,18-19H,3-6,9-11,13H2,1-2H3. The molecule has 1 aromatic rings. The molecule has 3 aliphatic carbocycles. The van der Waals surface area contributed by atoms with Crippen molar-refractivity contribution in [2.45, 2.75) is 58.8 Å². The molecule has 2 saturated carbocycles. The first-order chi connectivity index (χ1) is 12.0. The maximum Gasteiger partial charge on any atom is 0.167 e. The second-order valence-corrected chi connectivity index (χ2v) is 8.51. The lowest BCUT2D eigenvalue weighted by molar-refractivity contribution is 0.0572. The number of Topliss-reactive ketones (excluding diaryl/α,β-unsaturated/α-hetero) is 2. The van der Waals surface area contributed by atoms with E-state index in [9.17, 15) is 9.59 Å². The number of carbonyl (C=O) groups is 2. The SMILES string of the molecule is CCCCCCOc1ccc2c(c1)C(=O)C1C3CCC(C)(C3)C1C2=O. The zero-order valence-corrected chi connectivity index (χ0v) is 15.3. The first-order valence-corrected chi connectivity index (χ1v) is 9.90. The van der Waals surface area contributed by atoms with Crippen LogP contribution >= 0.6 is 0 Å². The monoisotopic (exact) mass is 340 g/mol. The van der Waals surface area contributed by atoms with Gasteiger partial charge in [-0.25, -0.2) is 0 Å². The van der Waals surface area contributed by atoms with Crippen LogP contribution in [0.3, 0.4) is 0 Å². The Morgan fingerprint density at radius 2 is 1.96 bits per heavy atom. The molecule has 0 heterocycles. The Morgan fingerprint density at radius 1 is 1.12 bits per heavy atom. The van der Waals surface area contributed by atoms with Crippen LogP contribution in [0.2, 0.25) is 0 Å². The van der Waals surface area contributed by atoms with Gasteiger partial charge >= 0.3 is 0 Å². The van der Waals surface area contributed by atoms with Crippen molar-refractivity contribution in [1.29, 1.82) is 0 Å². The Bertz CT molecular complexity index is 707. The van der Waals surface area contributed by atoms with Gasteiger partial charge in [0.2, 0.25) is 0 Å². The van der Waals surface area contributed by atoms with E-state index in [1.807, 2.05) is 18.2 Å². The van der Waals surface area contributed by atoms with Crippen molar-refractivity contribution in [2.75, 3.05) is 6.61 Å². The first-order valence-electron chi connectivity index (χ1n) is 9.90. The molecule has 4 atom stereocenters. The van der Waals surface area contributed by atoms with Crippen LogP contribution in [-0.2, 0) is 0 Å². The van der Waals surface area contributed by atoms with Crippen LogP contribution in [0.15, 0.2) is 18.2 Å². The molecule has 134 valence electrons. The van der Waals surface area contributed by atoms with Gasteiger partial charge in [0, 0.05) is 23.0 Å². The summed E-state index contributed by atoms with van der Waals surface area (Å²) in [5.74, 6) is 1.33. The highest BCUT2D eigenvalue weighted by Crippen LogP contribution is 2.63. The van der Waals surface area contributed by atoms with E-state index in [0.717, 1.165) is 31.4 Å². The summed E-state index contributed by atoms with van der Waals surface area (Å²) in [6.45, 7) is 5.08. The maximum absolute atomic E-state index is 13.1. The zero-order valence-electron chi connectivity index (χ0n) is 15.3. The fourth-order valence-electron chi connectivity index (χ4n) is 5.56. The third-order valence-electron chi connectivity index (χ3n) is 6.81. The number of hydrogen-bond donors (Lipinski definition) is 0. The van der Waals surface area contributed by atoms with Crippen LogP contribution in [-0.4, -0.2) is 18.2 Å². The molecule has 25 heavy (non-hydrogen) atoms. The van der Waals surface area contributed by atoms with Gasteiger partial charge in [0.15, 0.2) is 11.6 Å². The van der Waals surface area contributed by atoms with Crippen molar-refractivity contribution < 1.29 is 14.3 Å². The molecule has 0 radical (unpaired) electrons. The van der Waals surface area contributed by atoms with Crippen molar-refractivity contribution in [3.8, 4) is 5.75 Å². The Hall–Kier alpha value is -1.64. The fourth-order valence-corrected chi connectivity index (χ4v) is 5.56. The molecule has 2 bridgehead atoms. The topological polar surface area (TPSA) is 43.4 Å². The molecule has 3 aliphatic rings. The molecule has 4 unspecified atom stereocenters. The molecule has 4 rings (SSSR count). The summed E-state index contributed by atoms with van der Waals surface area (Å²) in [4.78, 5) is 26.2. The van der Waals surface area contributed by atoms with Gasteiger partial charge in [0.25, 0.3) is 0 Å². The molecule has 3 nitrogen and oxygen atoms in total. The highest BCUT2D eigenvalue weighted by molar-refractivity contribution is 6.17. The summed E-state index contributed by atoms with van der Waals surface area (Å²) in [7, 11) is 0. The average molecular weight is 340 g/mol. The minimum Gasteiger partial charge on any atom is -0.494 e. The second-order valence-electron chi connectivity index (χ2n) is 8.51. The summed E-state index contributed by atoms with van der Waals surface area (Å²) in [5.41, 5.74) is 1.26. The molecule has 0 aromatic heterocycles. The smallest absolute Gasteiger partial charge is 0.167 e. The van der Waals surface area contributed by atoms with E-state index in [4.69, 9.17) is 4.74 Å². The number of hydrogen-bond acceptors (Lipinski definition) is 3. The third-order valence-corrected chi connectivity index (χ3v) is 6.81. The first kappa shape index (κ1) is 16.8. The Balaban J connectivity index is 1.55. The van der Waals surface area contributed by atoms with Gasteiger partial charge in [-0.3, -0.25) is 9.59 Å². The molecular formula is C22H28O3. The molecule has 0 N–H and O–H groups in total. The lowest BCUT2D eigenvalue weighted by Gasteiger charge is -2.38. The largest absolute Gasteiger partial charge is 0.494 e. The van der Waals surface area contributed by atoms with Gasteiger partial charge in [-0.05, 0) is 55.2 Å². The van der Waals surface area contributed by atoms with Gasteiger partial charge in [0.1, 0.15) is 5.75 Å². The summed E-state index contributed by atoms with van der Waals surface area (Å²) in [6.07, 6.45) is 7.86. The van der Waals surface area contributed by atoms with E-state index in [0.29, 0.717) is 23.7 Å². The van der Waals surface area contributed by atoms with Crippen molar-refractivity contribution in [1.82, 2.24) is 0 Å². The molecular weight excluding hydrogens is 312 g/mol. The van der Waals surface area contributed by atoms with E-state index < -0.39 is 0 Å². The molecule has 3 heteroatoms. The maximum atomic E-state index is 13.1. The zero-order chi connectivity index (χ0) is 17.6. The normalized spacial score (nSPS) is 32.6. The number of carbonyl (C=O) groups excluding carboxylic acids is 2. The van der Waals surface area contributed by atoms with E-state index in [1.54, 1.807) is 0 Å². The van der Waals surface area contributed by atoms with Gasteiger partial charge < -0.3 is 4.74 Å². The van der Waals surface area contributed by atoms with Crippen LogP contribution < -0.4 is 4.74 Å². The Kier molecular flexibility index (Phi) is 4.21. The van der Waals surface area contributed by atoms with Gasteiger partial charge in [-0.2, -0.15) is 0 Å². The quantitative estimate of drug-likeness (QED) is 0.679. The summed E-state index contributed by atoms with van der Waals surface area (Å²) < 4.78 is 5.83. The highest BCUT2D eigenvalue weighted by atomic mass is 16.5. The molecule has 0 spiro atoms. The van der Waals surface area contributed by atoms with Crippen LogP contribution in [0, 0.1) is 23.2 Å². The van der Waals surface area contributed by atoms with Crippen molar-refractivity contribution in [3.63, 3.8) is 0 Å². The average Bonchev–Trinajstić information content (AvgIpc) is 3.13. The minimum atomic E-state index is -0.0907. The number of unbranched alkanes of at least 4 members (excludes halogenated alkanes) is 3. The van der Waals surface area contributed by atoms with E-state index in [2.05, 4.69) is 13.8 Å². The van der Waals surface area contributed by atoms with E-state index >= 15 is 0 Å². The van der Waals surface area contributed by atoms with E-state index in [1.165, 1.54) is 19.3 Å². The molecule has 0 aliphatic heterocycles. The number of ether oxygens (including phenoxy) is 1. The Morgan fingerprint density at radius 3 is 2.76 bits per heavy atom. The van der Waals surface area contributed by atoms with Crippen LogP contribution in [0.1, 0.15) is 79.5 Å². The molecule has 0 amide bonds. The molecule has 1 aromatic carbocycles. The van der Waals surface area contributed by atoms with Gasteiger partial charge in [-0.1, -0.05) is 33.1 Å². The Labute approximate surface area is 150 Å². The lowest BCUT2D eigenvalue weighted by atomic mass is 9.63. The van der Waals surface area contributed by atoms with Crippen LogP contribution in [0.25, 0.3) is 0 Å². The number of fused-ring (bicyclic) bond motifs is 6. The fraction of sp³-hybridized carbons (Fsp3) is 0.636. The predicted octanol–water partition coefficient (Wildman–Crippen LogP) is 5.08. The highest BCUT2D eigenvalue weighted by Gasteiger charge is 2.62. The van der Waals surface area contributed by atoms with E-state index in [-0.39, 0.29) is 28.8 Å². The van der Waals surface area contributed by atoms with Crippen molar-refractivity contribution in [3.05, 3.63) is 29.3 Å². The number of benzene rings is 1. The third kappa shape index (κ3) is 2.63. The summed E-state index contributed by atoms with van der Waals surface area (Å²) in [6, 6.07) is 5.50. The van der Waals surface area contributed by atoms with Gasteiger partial charge in [-0.15, -0.1) is 0 Å². The number of rotatable bonds is 6. The number of ketones is 2. The van der Waals surface area contributed by atoms with Crippen molar-refractivity contribution in [2.24, 2.45) is 23.2 Å². The molecule has 0 saturated heterocycles. The predicted molar refractivity (Wildman–Crippen MR) is 97.2 cm³/mol.